The van der Waals surface area contributed by atoms with Gasteiger partial charge in [-0.15, -0.1) is 0 Å². The molecule has 2 aromatic rings. The van der Waals surface area contributed by atoms with Crippen LogP contribution in [0.2, 0.25) is 0 Å². The van der Waals surface area contributed by atoms with E-state index in [1.54, 1.807) is 7.11 Å². The van der Waals surface area contributed by atoms with Crippen LogP contribution in [0.15, 0.2) is 24.3 Å². The van der Waals surface area contributed by atoms with Crippen LogP contribution in [0.3, 0.4) is 0 Å². The molecule has 5 heteroatoms. The number of methoxy groups -OCH3 is 1. The number of hydrogen-bond donors (Lipinski definition) is 3. The van der Waals surface area contributed by atoms with E-state index < -0.39 is 0 Å². The number of aromatic amines is 1. The molecule has 1 aromatic carbocycles. The van der Waals surface area contributed by atoms with Gasteiger partial charge < -0.3 is 20.8 Å². The predicted molar refractivity (Wildman–Crippen MR) is 78.6 cm³/mol. The summed E-state index contributed by atoms with van der Waals surface area (Å²) in [6, 6.07) is 7.49. The molecule has 1 amide bonds. The lowest BCUT2D eigenvalue weighted by Gasteiger charge is -2.19. The van der Waals surface area contributed by atoms with Crippen molar-refractivity contribution in [3.05, 3.63) is 30.0 Å². The lowest BCUT2D eigenvalue weighted by atomic mass is 10.2. The number of H-pyrrole nitrogens is 1. The van der Waals surface area contributed by atoms with Crippen molar-refractivity contribution in [3.8, 4) is 0 Å². The third-order valence-electron chi connectivity index (χ3n) is 3.96. The van der Waals surface area contributed by atoms with E-state index in [9.17, 15) is 4.79 Å². The fraction of sp³-hybridized carbons (Fsp3) is 0.400. The SMILES string of the molecule is COC1CCCC1NC(=O)c1cc2cc(N)ccc2[nH]1. The minimum atomic E-state index is -0.0891. The summed E-state index contributed by atoms with van der Waals surface area (Å²) < 4.78 is 5.39. The largest absolute Gasteiger partial charge is 0.399 e. The molecule has 2 atom stereocenters. The topological polar surface area (TPSA) is 80.1 Å². The standard InChI is InChI=1S/C15H19N3O2/c1-20-14-4-2-3-12(14)18-15(19)13-8-9-7-10(16)5-6-11(9)17-13/h5-8,12,14,17H,2-4,16H2,1H3,(H,18,19). The summed E-state index contributed by atoms with van der Waals surface area (Å²) in [6.45, 7) is 0. The maximum atomic E-state index is 12.3. The van der Waals surface area contributed by atoms with Gasteiger partial charge >= 0.3 is 0 Å². The highest BCUT2D eigenvalue weighted by Crippen LogP contribution is 2.23. The number of nitrogen functional groups attached to an aromatic ring is 1. The first-order valence-electron chi connectivity index (χ1n) is 6.89. The molecular formula is C15H19N3O2. The van der Waals surface area contributed by atoms with Crippen LogP contribution in [0.5, 0.6) is 0 Å². The molecule has 0 aliphatic heterocycles. The number of aromatic nitrogens is 1. The van der Waals surface area contributed by atoms with Crippen LogP contribution in [0.4, 0.5) is 5.69 Å². The number of anilines is 1. The van der Waals surface area contributed by atoms with E-state index >= 15 is 0 Å². The van der Waals surface area contributed by atoms with Crippen molar-refractivity contribution < 1.29 is 9.53 Å². The molecule has 1 heterocycles. The van der Waals surface area contributed by atoms with E-state index in [-0.39, 0.29) is 18.1 Å². The van der Waals surface area contributed by atoms with Crippen molar-refractivity contribution in [1.29, 1.82) is 0 Å². The van der Waals surface area contributed by atoms with Crippen molar-refractivity contribution in [1.82, 2.24) is 10.3 Å². The van der Waals surface area contributed by atoms with E-state index in [2.05, 4.69) is 10.3 Å². The molecule has 1 fully saturated rings. The predicted octanol–water partition coefficient (Wildman–Crippen LogP) is 2.05. The Hall–Kier alpha value is -2.01. The fourth-order valence-corrected chi connectivity index (χ4v) is 2.89. The van der Waals surface area contributed by atoms with Crippen molar-refractivity contribution in [2.24, 2.45) is 0 Å². The molecule has 0 spiro atoms. The number of ether oxygens (including phenoxy) is 1. The van der Waals surface area contributed by atoms with Crippen LogP contribution in [-0.4, -0.2) is 30.1 Å². The Morgan fingerprint density at radius 3 is 3.05 bits per heavy atom. The van der Waals surface area contributed by atoms with Gasteiger partial charge in [-0.2, -0.15) is 0 Å². The maximum absolute atomic E-state index is 12.3. The second kappa shape index (κ2) is 5.17. The molecule has 0 radical (unpaired) electrons. The van der Waals surface area contributed by atoms with Crippen LogP contribution in [0.25, 0.3) is 10.9 Å². The lowest BCUT2D eigenvalue weighted by Crippen LogP contribution is -2.40. The zero-order valence-electron chi connectivity index (χ0n) is 11.5. The molecule has 0 saturated heterocycles. The van der Waals surface area contributed by atoms with Gasteiger partial charge in [0, 0.05) is 23.7 Å². The number of nitrogens with two attached hydrogens (primary N) is 1. The second-order valence-corrected chi connectivity index (χ2v) is 5.31. The van der Waals surface area contributed by atoms with Crippen LogP contribution < -0.4 is 11.1 Å². The summed E-state index contributed by atoms with van der Waals surface area (Å²) >= 11 is 0. The number of carbonyl (C=O) groups excluding carboxylic acids is 1. The highest BCUT2D eigenvalue weighted by atomic mass is 16.5. The number of nitrogens with one attached hydrogen (secondary N) is 2. The quantitative estimate of drug-likeness (QED) is 0.749. The Labute approximate surface area is 117 Å². The Balaban J connectivity index is 1.78. The summed E-state index contributed by atoms with van der Waals surface area (Å²) in [6.07, 6.45) is 3.19. The highest BCUT2D eigenvalue weighted by Gasteiger charge is 2.28. The average Bonchev–Trinajstić information content (AvgIpc) is 3.04. The summed E-state index contributed by atoms with van der Waals surface area (Å²) in [7, 11) is 1.70. The highest BCUT2D eigenvalue weighted by molar-refractivity contribution is 5.98. The first-order chi connectivity index (χ1) is 9.67. The molecule has 0 bridgehead atoms. The van der Waals surface area contributed by atoms with Gasteiger partial charge in [0.05, 0.1) is 12.1 Å². The van der Waals surface area contributed by atoms with Gasteiger partial charge in [0.1, 0.15) is 5.69 Å². The molecule has 1 aliphatic carbocycles. The van der Waals surface area contributed by atoms with Gasteiger partial charge in [-0.25, -0.2) is 0 Å². The van der Waals surface area contributed by atoms with Gasteiger partial charge in [0.25, 0.3) is 5.91 Å². The van der Waals surface area contributed by atoms with Crippen molar-refractivity contribution >= 4 is 22.5 Å². The number of benzene rings is 1. The number of amides is 1. The molecular weight excluding hydrogens is 254 g/mol. The number of carbonyl (C=O) groups is 1. The number of rotatable bonds is 3. The van der Waals surface area contributed by atoms with E-state index in [1.807, 2.05) is 24.3 Å². The first kappa shape index (κ1) is 13.0. The van der Waals surface area contributed by atoms with Gasteiger partial charge in [0.15, 0.2) is 0 Å². The van der Waals surface area contributed by atoms with Crippen LogP contribution in [0, 0.1) is 0 Å². The van der Waals surface area contributed by atoms with Crippen molar-refractivity contribution in [2.75, 3.05) is 12.8 Å². The smallest absolute Gasteiger partial charge is 0.268 e. The van der Waals surface area contributed by atoms with Crippen molar-refractivity contribution in [2.45, 2.75) is 31.4 Å². The summed E-state index contributed by atoms with van der Waals surface area (Å²) in [5, 5.41) is 3.99. The molecule has 3 rings (SSSR count). The third kappa shape index (κ3) is 2.36. The van der Waals surface area contributed by atoms with Gasteiger partial charge in [0.2, 0.25) is 0 Å². The second-order valence-electron chi connectivity index (χ2n) is 5.31. The zero-order valence-corrected chi connectivity index (χ0v) is 11.5. The van der Waals surface area contributed by atoms with Gasteiger partial charge in [-0.3, -0.25) is 4.79 Å². The van der Waals surface area contributed by atoms with E-state index in [0.717, 1.165) is 30.2 Å². The lowest BCUT2D eigenvalue weighted by molar-refractivity contribution is 0.0720. The molecule has 1 saturated carbocycles. The van der Waals surface area contributed by atoms with Crippen LogP contribution in [-0.2, 0) is 4.74 Å². The Morgan fingerprint density at radius 1 is 1.40 bits per heavy atom. The summed E-state index contributed by atoms with van der Waals surface area (Å²) in [5.74, 6) is -0.0891. The average molecular weight is 273 g/mol. The van der Waals surface area contributed by atoms with E-state index in [1.165, 1.54) is 0 Å². The summed E-state index contributed by atoms with van der Waals surface area (Å²) in [5.41, 5.74) is 7.92. The van der Waals surface area contributed by atoms with Gasteiger partial charge in [-0.1, -0.05) is 0 Å². The van der Waals surface area contributed by atoms with Crippen LogP contribution >= 0.6 is 0 Å². The van der Waals surface area contributed by atoms with E-state index in [4.69, 9.17) is 10.5 Å². The molecule has 20 heavy (non-hydrogen) atoms. The number of hydrogen-bond acceptors (Lipinski definition) is 3. The normalized spacial score (nSPS) is 22.2. The minimum Gasteiger partial charge on any atom is -0.399 e. The molecule has 5 nitrogen and oxygen atoms in total. The molecule has 4 N–H and O–H groups in total. The Bertz CT molecular complexity index is 635. The number of fused-ring (bicyclic) bond motifs is 1. The summed E-state index contributed by atoms with van der Waals surface area (Å²) in [4.78, 5) is 15.4. The van der Waals surface area contributed by atoms with Crippen LogP contribution in [0.1, 0.15) is 29.8 Å². The first-order valence-corrected chi connectivity index (χ1v) is 6.89. The Kier molecular flexibility index (Phi) is 3.36. The molecule has 1 aromatic heterocycles. The third-order valence-corrected chi connectivity index (χ3v) is 3.96. The molecule has 106 valence electrons. The molecule has 2 unspecified atom stereocenters. The molecule has 1 aliphatic rings. The Morgan fingerprint density at radius 2 is 2.25 bits per heavy atom. The fourth-order valence-electron chi connectivity index (χ4n) is 2.89. The van der Waals surface area contributed by atoms with Gasteiger partial charge in [-0.05, 0) is 43.5 Å². The maximum Gasteiger partial charge on any atom is 0.268 e. The minimum absolute atomic E-state index is 0.0891. The van der Waals surface area contributed by atoms with Crippen molar-refractivity contribution in [3.63, 3.8) is 0 Å². The van der Waals surface area contributed by atoms with E-state index in [0.29, 0.717) is 11.4 Å². The zero-order chi connectivity index (χ0) is 14.1. The monoisotopic (exact) mass is 273 g/mol.